The second-order valence-corrected chi connectivity index (χ2v) is 5.07. The van der Waals surface area contributed by atoms with Crippen molar-refractivity contribution in [2.24, 2.45) is 0 Å². The minimum Gasteiger partial charge on any atom is -0.367 e. The quantitative estimate of drug-likeness (QED) is 0.786. The van der Waals surface area contributed by atoms with Crippen molar-refractivity contribution in [3.05, 3.63) is 64.7 Å². The highest BCUT2D eigenvalue weighted by Gasteiger charge is 2.10. The lowest BCUT2D eigenvalue weighted by atomic mass is 10.1. The predicted molar refractivity (Wildman–Crippen MR) is 80.2 cm³/mol. The smallest absolute Gasteiger partial charge is 0.182 e. The molecule has 0 aliphatic carbocycles. The fraction of sp³-hybridized carbons (Fsp3) is 0.188. The Kier molecular flexibility index (Phi) is 4.23. The fourth-order valence-corrected chi connectivity index (χ4v) is 2.12. The normalized spacial score (nSPS) is 10.3. The summed E-state index contributed by atoms with van der Waals surface area (Å²) in [4.78, 5) is 14.1. The molecule has 0 heterocycles. The molecule has 0 fully saturated rings. The van der Waals surface area contributed by atoms with E-state index in [0.29, 0.717) is 17.1 Å². The van der Waals surface area contributed by atoms with Crippen molar-refractivity contribution in [2.75, 3.05) is 18.5 Å². The lowest BCUT2D eigenvalue weighted by Gasteiger charge is -2.19. The number of rotatable bonds is 4. The van der Waals surface area contributed by atoms with Crippen LogP contribution in [0.4, 0.5) is 5.69 Å². The Morgan fingerprint density at radius 1 is 1.16 bits per heavy atom. The molecule has 2 nitrogen and oxygen atoms in total. The number of carbonyl (C=O) groups is 1. The molecule has 2 aromatic carbocycles. The number of likely N-dealkylation sites (N-methyl/N-ethyl adjacent to an activating group) is 1. The van der Waals surface area contributed by atoms with Crippen LogP contribution < -0.4 is 4.90 Å². The first kappa shape index (κ1) is 13.6. The van der Waals surface area contributed by atoms with Crippen LogP contribution in [0.1, 0.15) is 15.9 Å². The van der Waals surface area contributed by atoms with Gasteiger partial charge in [-0.25, -0.2) is 0 Å². The molecule has 0 aromatic heterocycles. The summed E-state index contributed by atoms with van der Waals surface area (Å²) in [5, 5.41) is 0.587. The number of hydrogen-bond acceptors (Lipinski definition) is 2. The van der Waals surface area contributed by atoms with E-state index >= 15 is 0 Å². The van der Waals surface area contributed by atoms with E-state index in [4.69, 9.17) is 11.6 Å². The van der Waals surface area contributed by atoms with Crippen LogP contribution in [-0.2, 0) is 0 Å². The summed E-state index contributed by atoms with van der Waals surface area (Å²) in [5.74, 6) is 0.0616. The molecule has 19 heavy (non-hydrogen) atoms. The molecule has 0 amide bonds. The topological polar surface area (TPSA) is 20.3 Å². The lowest BCUT2D eigenvalue weighted by Crippen LogP contribution is -2.25. The van der Waals surface area contributed by atoms with Gasteiger partial charge in [0.15, 0.2) is 5.78 Å². The summed E-state index contributed by atoms with van der Waals surface area (Å²) in [6.45, 7) is 2.37. The number of hydrogen-bond donors (Lipinski definition) is 0. The van der Waals surface area contributed by atoms with Gasteiger partial charge in [-0.3, -0.25) is 4.79 Å². The van der Waals surface area contributed by atoms with E-state index in [2.05, 4.69) is 6.07 Å². The van der Waals surface area contributed by atoms with E-state index in [1.54, 1.807) is 24.3 Å². The number of nitrogens with zero attached hydrogens (tertiary/aromatic N) is 1. The van der Waals surface area contributed by atoms with Gasteiger partial charge in [0.05, 0.1) is 6.54 Å². The van der Waals surface area contributed by atoms with Crippen molar-refractivity contribution in [1.82, 2.24) is 0 Å². The SMILES string of the molecule is Cc1cccc(N(C)CC(=O)c2cccc(Cl)c2)c1. The van der Waals surface area contributed by atoms with Crippen molar-refractivity contribution >= 4 is 23.1 Å². The van der Waals surface area contributed by atoms with Gasteiger partial charge in [-0.15, -0.1) is 0 Å². The zero-order chi connectivity index (χ0) is 13.8. The summed E-state index contributed by atoms with van der Waals surface area (Å²) in [5.41, 5.74) is 2.86. The number of Topliss-reactive ketones (excluding diaryl/α,β-unsaturated/α-hetero) is 1. The molecule has 2 rings (SSSR count). The van der Waals surface area contributed by atoms with Crippen molar-refractivity contribution in [3.63, 3.8) is 0 Å². The number of ketones is 1. The Morgan fingerprint density at radius 2 is 1.89 bits per heavy atom. The minimum absolute atomic E-state index is 0.0616. The van der Waals surface area contributed by atoms with Crippen LogP contribution in [-0.4, -0.2) is 19.4 Å². The Bertz CT molecular complexity index is 595. The third-order valence-corrected chi connectivity index (χ3v) is 3.20. The molecule has 2 aromatic rings. The molecule has 3 heteroatoms. The first-order valence-corrected chi connectivity index (χ1v) is 6.50. The van der Waals surface area contributed by atoms with Gasteiger partial charge in [-0.1, -0.05) is 35.9 Å². The summed E-state index contributed by atoms with van der Waals surface area (Å²) < 4.78 is 0. The van der Waals surface area contributed by atoms with Gasteiger partial charge in [0.1, 0.15) is 0 Å². The average molecular weight is 274 g/mol. The Hall–Kier alpha value is -1.80. The zero-order valence-corrected chi connectivity index (χ0v) is 11.8. The van der Waals surface area contributed by atoms with Crippen LogP contribution in [0.3, 0.4) is 0 Å². The van der Waals surface area contributed by atoms with Crippen molar-refractivity contribution < 1.29 is 4.79 Å². The fourth-order valence-electron chi connectivity index (χ4n) is 1.93. The monoisotopic (exact) mass is 273 g/mol. The van der Waals surface area contributed by atoms with Crippen LogP contribution >= 0.6 is 11.6 Å². The standard InChI is InChI=1S/C16H16ClNO/c1-12-5-3-8-15(9-12)18(2)11-16(19)13-6-4-7-14(17)10-13/h3-10H,11H2,1-2H3. The van der Waals surface area contributed by atoms with Crippen LogP contribution in [0.25, 0.3) is 0 Å². The van der Waals surface area contributed by atoms with Gasteiger partial charge in [-0.05, 0) is 36.8 Å². The van der Waals surface area contributed by atoms with Gasteiger partial charge in [0, 0.05) is 23.3 Å². The highest BCUT2D eigenvalue weighted by molar-refractivity contribution is 6.31. The van der Waals surface area contributed by atoms with E-state index in [1.807, 2.05) is 37.1 Å². The van der Waals surface area contributed by atoms with Crippen molar-refractivity contribution in [3.8, 4) is 0 Å². The maximum absolute atomic E-state index is 12.2. The molecule has 98 valence electrons. The van der Waals surface area contributed by atoms with Gasteiger partial charge in [0.2, 0.25) is 0 Å². The van der Waals surface area contributed by atoms with E-state index in [9.17, 15) is 4.79 Å². The van der Waals surface area contributed by atoms with Gasteiger partial charge >= 0.3 is 0 Å². The molecule has 0 saturated heterocycles. The molecule has 0 radical (unpaired) electrons. The van der Waals surface area contributed by atoms with E-state index in [0.717, 1.165) is 5.69 Å². The molecular formula is C16H16ClNO. The molecule has 0 atom stereocenters. The second kappa shape index (κ2) is 5.89. The maximum atomic E-state index is 12.2. The molecule has 0 N–H and O–H groups in total. The van der Waals surface area contributed by atoms with Crippen LogP contribution in [0, 0.1) is 6.92 Å². The Morgan fingerprint density at radius 3 is 2.58 bits per heavy atom. The molecule has 0 spiro atoms. The number of benzene rings is 2. The maximum Gasteiger partial charge on any atom is 0.182 e. The van der Waals surface area contributed by atoms with E-state index in [1.165, 1.54) is 5.56 Å². The van der Waals surface area contributed by atoms with E-state index in [-0.39, 0.29) is 5.78 Å². The summed E-state index contributed by atoms with van der Waals surface area (Å²) in [7, 11) is 1.91. The molecule has 0 saturated carbocycles. The van der Waals surface area contributed by atoms with E-state index < -0.39 is 0 Å². The van der Waals surface area contributed by atoms with Gasteiger partial charge in [-0.2, -0.15) is 0 Å². The highest BCUT2D eigenvalue weighted by atomic mass is 35.5. The second-order valence-electron chi connectivity index (χ2n) is 4.63. The van der Waals surface area contributed by atoms with Gasteiger partial charge < -0.3 is 4.90 Å². The van der Waals surface area contributed by atoms with Crippen molar-refractivity contribution in [2.45, 2.75) is 6.92 Å². The third-order valence-electron chi connectivity index (χ3n) is 2.97. The molecule has 0 aliphatic rings. The zero-order valence-electron chi connectivity index (χ0n) is 11.1. The first-order valence-electron chi connectivity index (χ1n) is 6.13. The van der Waals surface area contributed by atoms with Crippen LogP contribution in [0.5, 0.6) is 0 Å². The lowest BCUT2D eigenvalue weighted by molar-refractivity contribution is 0.100. The number of aryl methyl sites for hydroxylation is 1. The largest absolute Gasteiger partial charge is 0.367 e. The summed E-state index contributed by atoms with van der Waals surface area (Å²) >= 11 is 5.90. The number of anilines is 1. The number of carbonyl (C=O) groups excluding carboxylic acids is 1. The molecular weight excluding hydrogens is 258 g/mol. The van der Waals surface area contributed by atoms with Gasteiger partial charge in [0.25, 0.3) is 0 Å². The summed E-state index contributed by atoms with van der Waals surface area (Å²) in [6, 6.07) is 15.1. The van der Waals surface area contributed by atoms with Crippen LogP contribution in [0.2, 0.25) is 5.02 Å². The highest BCUT2D eigenvalue weighted by Crippen LogP contribution is 2.16. The Balaban J connectivity index is 2.11. The Labute approximate surface area is 118 Å². The molecule has 0 bridgehead atoms. The third kappa shape index (κ3) is 3.58. The van der Waals surface area contributed by atoms with Crippen LogP contribution in [0.15, 0.2) is 48.5 Å². The first-order chi connectivity index (χ1) is 9.06. The van der Waals surface area contributed by atoms with Crippen molar-refractivity contribution in [1.29, 1.82) is 0 Å². The molecule has 0 aliphatic heterocycles. The molecule has 0 unspecified atom stereocenters. The average Bonchev–Trinajstić information content (AvgIpc) is 2.38. The number of halogens is 1. The predicted octanol–water partition coefficient (Wildman–Crippen LogP) is 3.97. The minimum atomic E-state index is 0.0616. The summed E-state index contributed by atoms with van der Waals surface area (Å²) in [6.07, 6.45) is 0.